The van der Waals surface area contributed by atoms with Gasteiger partial charge in [-0.2, -0.15) is 0 Å². The van der Waals surface area contributed by atoms with Crippen molar-refractivity contribution < 1.29 is 14.8 Å². The van der Waals surface area contributed by atoms with E-state index >= 15 is 0 Å². The fraction of sp³-hybridized carbons (Fsp3) is 0.471. The van der Waals surface area contributed by atoms with Crippen LogP contribution in [-0.2, 0) is 4.79 Å². The molecular formula is C17H20N2O4. The second-order valence-electron chi connectivity index (χ2n) is 6.33. The lowest BCUT2D eigenvalue weighted by molar-refractivity contribution is -0.384. The molecule has 0 unspecified atom stereocenters. The van der Waals surface area contributed by atoms with Gasteiger partial charge in [-0.3, -0.25) is 14.9 Å². The van der Waals surface area contributed by atoms with Crippen LogP contribution >= 0.6 is 0 Å². The van der Waals surface area contributed by atoms with Gasteiger partial charge in [0.15, 0.2) is 0 Å². The molecule has 1 saturated carbocycles. The summed E-state index contributed by atoms with van der Waals surface area (Å²) in [6.45, 7) is 0. The number of nitrogens with zero attached hydrogens (tertiary/aromatic N) is 1. The monoisotopic (exact) mass is 316 g/mol. The molecule has 6 heteroatoms. The number of hydrogen-bond acceptors (Lipinski definition) is 3. The average molecular weight is 316 g/mol. The summed E-state index contributed by atoms with van der Waals surface area (Å²) < 4.78 is 0. The highest BCUT2D eigenvalue weighted by atomic mass is 16.6. The first kappa shape index (κ1) is 15.5. The van der Waals surface area contributed by atoms with Crippen LogP contribution in [0.15, 0.2) is 24.4 Å². The molecule has 1 aromatic carbocycles. The summed E-state index contributed by atoms with van der Waals surface area (Å²) in [6, 6.07) is 4.71. The quantitative estimate of drug-likeness (QED) is 0.637. The first-order valence-electron chi connectivity index (χ1n) is 8.03. The van der Waals surface area contributed by atoms with Gasteiger partial charge in [0.1, 0.15) is 0 Å². The zero-order chi connectivity index (χ0) is 16.4. The molecule has 1 aromatic heterocycles. The van der Waals surface area contributed by atoms with E-state index in [-0.39, 0.29) is 18.0 Å². The zero-order valence-corrected chi connectivity index (χ0v) is 12.8. The van der Waals surface area contributed by atoms with Crippen molar-refractivity contribution >= 4 is 22.6 Å². The number of fused-ring (bicyclic) bond motifs is 1. The number of nitrogens with one attached hydrogen (secondary N) is 1. The Labute approximate surface area is 133 Å². The molecule has 6 nitrogen and oxygen atoms in total. The minimum absolute atomic E-state index is 0.0380. The van der Waals surface area contributed by atoms with Crippen LogP contribution in [-0.4, -0.2) is 21.0 Å². The van der Waals surface area contributed by atoms with Crippen molar-refractivity contribution in [3.8, 4) is 0 Å². The van der Waals surface area contributed by atoms with Crippen LogP contribution in [0.4, 0.5) is 5.69 Å². The third kappa shape index (κ3) is 3.21. The zero-order valence-electron chi connectivity index (χ0n) is 12.8. The van der Waals surface area contributed by atoms with Crippen molar-refractivity contribution in [1.82, 2.24) is 4.98 Å². The largest absolute Gasteiger partial charge is 0.481 e. The molecule has 0 spiro atoms. The smallest absolute Gasteiger partial charge is 0.303 e. The van der Waals surface area contributed by atoms with Gasteiger partial charge in [0.2, 0.25) is 0 Å². The minimum atomic E-state index is -0.819. The highest BCUT2D eigenvalue weighted by Crippen LogP contribution is 2.41. The molecule has 1 atom stereocenters. The van der Waals surface area contributed by atoms with Gasteiger partial charge in [-0.1, -0.05) is 19.3 Å². The Morgan fingerprint density at radius 2 is 2.09 bits per heavy atom. The van der Waals surface area contributed by atoms with Crippen molar-refractivity contribution in [1.29, 1.82) is 0 Å². The van der Waals surface area contributed by atoms with Crippen LogP contribution in [0, 0.1) is 16.0 Å². The van der Waals surface area contributed by atoms with Crippen LogP contribution in [0.25, 0.3) is 10.9 Å². The summed E-state index contributed by atoms with van der Waals surface area (Å²) in [5, 5.41) is 21.1. The number of nitro groups is 1. The minimum Gasteiger partial charge on any atom is -0.481 e. The molecule has 23 heavy (non-hydrogen) atoms. The maximum absolute atomic E-state index is 11.3. The fourth-order valence-electron chi connectivity index (χ4n) is 3.81. The number of aliphatic carboxylic acids is 1. The van der Waals surface area contributed by atoms with E-state index in [1.54, 1.807) is 12.1 Å². The maximum Gasteiger partial charge on any atom is 0.303 e. The molecular weight excluding hydrogens is 296 g/mol. The van der Waals surface area contributed by atoms with Crippen molar-refractivity contribution in [2.24, 2.45) is 5.92 Å². The van der Waals surface area contributed by atoms with E-state index in [2.05, 4.69) is 4.98 Å². The Kier molecular flexibility index (Phi) is 4.32. The standard InChI is InChI=1S/C17H20N2O4/c20-17(21)9-13(11-4-2-1-3-5-11)15-10-18-16-7-6-12(19(22)23)8-14(15)16/h6-8,10-11,13,18H,1-5,9H2,(H,20,21)/t13-/m0/s1. The Bertz CT molecular complexity index is 731. The SMILES string of the molecule is O=C(O)C[C@H](c1c[nH]c2ccc([N+](=O)[O-])cc12)C1CCCCC1. The highest BCUT2D eigenvalue weighted by molar-refractivity contribution is 5.86. The lowest BCUT2D eigenvalue weighted by Crippen LogP contribution is -2.19. The van der Waals surface area contributed by atoms with E-state index in [1.165, 1.54) is 12.5 Å². The number of non-ortho nitro benzene ring substituents is 1. The van der Waals surface area contributed by atoms with Gasteiger partial charge >= 0.3 is 5.97 Å². The van der Waals surface area contributed by atoms with Gasteiger partial charge in [0.05, 0.1) is 11.3 Å². The van der Waals surface area contributed by atoms with Crippen LogP contribution in [0.3, 0.4) is 0 Å². The predicted molar refractivity (Wildman–Crippen MR) is 86.5 cm³/mol. The highest BCUT2D eigenvalue weighted by Gasteiger charge is 2.29. The number of aromatic amines is 1. The van der Waals surface area contributed by atoms with E-state index in [0.29, 0.717) is 5.92 Å². The van der Waals surface area contributed by atoms with Crippen molar-refractivity contribution in [3.63, 3.8) is 0 Å². The topological polar surface area (TPSA) is 96.2 Å². The molecule has 0 amide bonds. The maximum atomic E-state index is 11.3. The number of H-pyrrole nitrogens is 1. The molecule has 3 rings (SSSR count). The number of carbonyl (C=O) groups is 1. The van der Waals surface area contributed by atoms with Crippen LogP contribution < -0.4 is 0 Å². The average Bonchev–Trinajstić information content (AvgIpc) is 2.96. The summed E-state index contributed by atoms with van der Waals surface area (Å²) in [6.07, 6.45) is 7.41. The summed E-state index contributed by atoms with van der Waals surface area (Å²) >= 11 is 0. The van der Waals surface area contributed by atoms with Crippen LogP contribution in [0.5, 0.6) is 0 Å². The second kappa shape index (κ2) is 6.40. The third-order valence-electron chi connectivity index (χ3n) is 4.92. The van der Waals surface area contributed by atoms with E-state index in [4.69, 9.17) is 0 Å². The fourth-order valence-corrected chi connectivity index (χ4v) is 3.81. The molecule has 0 radical (unpaired) electrons. The molecule has 0 saturated heterocycles. The van der Waals surface area contributed by atoms with Gasteiger partial charge in [-0.15, -0.1) is 0 Å². The number of nitro benzene ring substituents is 1. The van der Waals surface area contributed by atoms with E-state index in [1.807, 2.05) is 6.20 Å². The van der Waals surface area contributed by atoms with Crippen molar-refractivity contribution in [2.45, 2.75) is 44.4 Å². The number of carboxylic acid groups (broad SMARTS) is 1. The Balaban J connectivity index is 2.03. The van der Waals surface area contributed by atoms with Gasteiger partial charge in [0, 0.05) is 29.2 Å². The second-order valence-corrected chi connectivity index (χ2v) is 6.33. The van der Waals surface area contributed by atoms with Gasteiger partial charge in [-0.25, -0.2) is 0 Å². The number of hydrogen-bond donors (Lipinski definition) is 2. The summed E-state index contributed by atoms with van der Waals surface area (Å²) in [5.74, 6) is -0.581. The molecule has 2 aromatic rings. The van der Waals surface area contributed by atoms with Gasteiger partial charge in [0.25, 0.3) is 5.69 Å². The first-order chi connectivity index (χ1) is 11.1. The summed E-state index contributed by atoms with van der Waals surface area (Å²) in [5.41, 5.74) is 1.76. The Morgan fingerprint density at radius 1 is 1.35 bits per heavy atom. The van der Waals surface area contributed by atoms with Crippen molar-refractivity contribution in [2.75, 3.05) is 0 Å². The number of rotatable bonds is 5. The van der Waals surface area contributed by atoms with Crippen molar-refractivity contribution in [3.05, 3.63) is 40.1 Å². The van der Waals surface area contributed by atoms with Crippen LogP contribution in [0.1, 0.15) is 50.0 Å². The molecule has 2 N–H and O–H groups in total. The summed E-state index contributed by atoms with van der Waals surface area (Å²) in [7, 11) is 0. The molecule has 0 bridgehead atoms. The third-order valence-corrected chi connectivity index (χ3v) is 4.92. The summed E-state index contributed by atoms with van der Waals surface area (Å²) in [4.78, 5) is 25.1. The van der Waals surface area contributed by atoms with Crippen LogP contribution in [0.2, 0.25) is 0 Å². The first-order valence-corrected chi connectivity index (χ1v) is 8.03. The predicted octanol–water partition coefficient (Wildman–Crippen LogP) is 4.21. The molecule has 1 aliphatic carbocycles. The lowest BCUT2D eigenvalue weighted by atomic mass is 9.75. The molecule has 0 aliphatic heterocycles. The number of carboxylic acids is 1. The molecule has 1 heterocycles. The van der Waals surface area contributed by atoms with Gasteiger partial charge < -0.3 is 10.1 Å². The Hall–Kier alpha value is -2.37. The van der Waals surface area contributed by atoms with Gasteiger partial charge in [-0.05, 0) is 36.3 Å². The van der Waals surface area contributed by atoms with E-state index < -0.39 is 10.9 Å². The normalized spacial score (nSPS) is 17.2. The number of benzene rings is 1. The van der Waals surface area contributed by atoms with E-state index in [0.717, 1.165) is 42.1 Å². The molecule has 122 valence electrons. The lowest BCUT2D eigenvalue weighted by Gasteiger charge is -2.29. The van der Waals surface area contributed by atoms with E-state index in [9.17, 15) is 20.0 Å². The Morgan fingerprint density at radius 3 is 2.74 bits per heavy atom. The molecule has 1 fully saturated rings. The molecule has 1 aliphatic rings. The number of aromatic nitrogens is 1.